The van der Waals surface area contributed by atoms with Crippen LogP contribution in [0.2, 0.25) is 0 Å². The van der Waals surface area contributed by atoms with Crippen molar-refractivity contribution >= 4 is 82.2 Å². The molecule has 2 saturated heterocycles. The quantitative estimate of drug-likeness (QED) is 0.00536. The van der Waals surface area contributed by atoms with E-state index in [2.05, 4.69) is 174 Å². The first kappa shape index (κ1) is 131. The van der Waals surface area contributed by atoms with Crippen molar-refractivity contribution in [3.05, 3.63) is 331 Å². The largest absolute Gasteiger partial charge is 1.00 e. The number of nitrogens with two attached hydrogens (primary N) is 2. The monoisotopic (exact) mass is 2210 g/mol. The molecule has 28 nitrogen and oxygen atoms in total. The molecule has 2 aliphatic heterocycles. The number of phenolic OH excluding ortho intramolecular Hbond substituents is 1. The number of nitrogens with zero attached hydrogens (tertiary/aromatic N) is 7. The van der Waals surface area contributed by atoms with Gasteiger partial charge in [-0.15, -0.1) is 4.91 Å². The molecule has 0 unspecified atom stereocenters. The zero-order valence-corrected chi connectivity index (χ0v) is 87.8. The van der Waals surface area contributed by atoms with Crippen molar-refractivity contribution in [3.8, 4) is 52.4 Å². The zero-order valence-electron chi connectivity index (χ0n) is 80.9. The summed E-state index contributed by atoms with van der Waals surface area (Å²) < 4.78 is 33.1. The minimum absolute atomic E-state index is 0. The number of halogens is 3. The third-order valence-corrected chi connectivity index (χ3v) is 18.8. The van der Waals surface area contributed by atoms with Crippen molar-refractivity contribution in [3.63, 3.8) is 0 Å². The number of phenols is 1. The van der Waals surface area contributed by atoms with Crippen LogP contribution in [0.15, 0.2) is 222 Å². The van der Waals surface area contributed by atoms with E-state index in [0.29, 0.717) is 85.1 Å². The number of non-ortho nitro benzene ring substituents is 1. The van der Waals surface area contributed by atoms with Crippen LogP contribution < -0.4 is 50.5 Å². The van der Waals surface area contributed by atoms with E-state index in [4.69, 9.17) is 72.5 Å². The Morgan fingerprint density at radius 2 is 0.919 bits per heavy atom. The van der Waals surface area contributed by atoms with Gasteiger partial charge >= 0.3 is 28.4 Å². The number of ether oxygens (including phenoxy) is 6. The van der Waals surface area contributed by atoms with Gasteiger partial charge in [-0.1, -0.05) is 140 Å². The fraction of sp³-hybridized carbons (Fsp3) is 0.385. The molecule has 0 bridgehead atoms. The van der Waals surface area contributed by atoms with Crippen LogP contribution in [0, 0.1) is 131 Å². The van der Waals surface area contributed by atoms with Crippen LogP contribution in [0.25, 0.3) is 0 Å². The van der Waals surface area contributed by atoms with Crippen LogP contribution in [0.1, 0.15) is 205 Å². The Balaban J connectivity index is -0.000000713. The van der Waals surface area contributed by atoms with Crippen molar-refractivity contribution in [1.29, 1.82) is 15.8 Å². The van der Waals surface area contributed by atoms with E-state index in [1.54, 1.807) is 77.9 Å². The molecule has 0 amide bonds. The smallest absolute Gasteiger partial charge is 0.512 e. The van der Waals surface area contributed by atoms with E-state index in [1.165, 1.54) is 84.7 Å². The van der Waals surface area contributed by atoms with E-state index >= 15 is 0 Å². The summed E-state index contributed by atoms with van der Waals surface area (Å²) in [5, 5.41) is 79.3. The molecule has 10 aromatic rings. The molecule has 136 heavy (non-hydrogen) atoms. The van der Waals surface area contributed by atoms with Crippen LogP contribution >= 0.6 is 53.2 Å². The Morgan fingerprint density at radius 1 is 0.529 bits per heavy atom. The van der Waals surface area contributed by atoms with Crippen LogP contribution in [-0.2, 0) is 28.3 Å². The number of nitro benzene ring substituents is 3. The van der Waals surface area contributed by atoms with E-state index < -0.39 is 20.4 Å². The summed E-state index contributed by atoms with van der Waals surface area (Å²) in [6.07, 6.45) is 8.03. The fourth-order valence-electron chi connectivity index (χ4n) is 12.4. The number of hydrogen-bond acceptors (Lipinski definition) is 25. The first-order valence-corrected chi connectivity index (χ1v) is 50.7. The molecule has 2 aliphatic rings. The second kappa shape index (κ2) is 78.8. The number of hydrogen-bond donors (Lipinski definition) is 6. The van der Waals surface area contributed by atoms with Gasteiger partial charge in [0.05, 0.1) is 81.8 Å². The molecule has 12 rings (SSSR count). The van der Waals surface area contributed by atoms with Gasteiger partial charge < -0.3 is 77.4 Å². The van der Waals surface area contributed by atoms with Crippen LogP contribution in [0.5, 0.6) is 40.2 Å². The minimum Gasteiger partial charge on any atom is -0.512 e. The summed E-state index contributed by atoms with van der Waals surface area (Å²) in [7, 11) is 0. The van der Waals surface area contributed by atoms with E-state index in [0.717, 1.165) is 93.9 Å². The Bertz CT molecular complexity index is 5060. The average Bonchev–Trinajstić information content (AvgIpc) is 0.814. The zero-order chi connectivity index (χ0) is 102. The molecule has 32 heteroatoms. The maximum absolute atomic E-state index is 10.6. The summed E-state index contributed by atoms with van der Waals surface area (Å²) in [4.78, 5) is 53.7. The number of aromatic hydroxyl groups is 1. The van der Waals surface area contributed by atoms with E-state index in [9.17, 15) is 40.0 Å². The molecule has 0 aliphatic carbocycles. The first-order chi connectivity index (χ1) is 64.0. The maximum atomic E-state index is 10.6. The minimum atomic E-state index is -0.609. The number of anilines is 1. The van der Waals surface area contributed by atoms with Gasteiger partial charge in [0.1, 0.15) is 40.4 Å². The van der Waals surface area contributed by atoms with Gasteiger partial charge in [0.15, 0.2) is 23.1 Å². The number of aldehydes is 1. The summed E-state index contributed by atoms with van der Waals surface area (Å²) in [5.41, 5.74) is 25.7. The summed E-state index contributed by atoms with van der Waals surface area (Å²) in [6.45, 7) is 46.4. The van der Waals surface area contributed by atoms with Crippen molar-refractivity contribution < 1.29 is 80.1 Å². The molecular formula is C104H139BrCuI2N11O17. The Morgan fingerprint density at radius 3 is 1.36 bits per heavy atom. The summed E-state index contributed by atoms with van der Waals surface area (Å²) >= 11 is 7.66. The molecule has 0 aromatic heterocycles. The van der Waals surface area contributed by atoms with Crippen LogP contribution in [0.3, 0.4) is 0 Å². The first-order valence-electron chi connectivity index (χ1n) is 43.6. The summed E-state index contributed by atoms with van der Waals surface area (Å²) in [5.74, 6) is 4.82. The van der Waals surface area contributed by atoms with Crippen LogP contribution in [0.4, 0.5) is 22.7 Å². The number of carbonyl (C=O) groups is 1. The second-order valence-electron chi connectivity index (χ2n) is 30.3. The van der Waals surface area contributed by atoms with Crippen molar-refractivity contribution in [2.24, 2.45) is 17.0 Å². The molecule has 0 saturated carbocycles. The SMILES string of the molecule is C.CC#N.CC(C)(C)ON=O.CCO.CCOc1ccc(C)cc1Br.CCOc1ccc(C)cc1C#N.CCOc1ccc(C)cc1C=O.CCOc1ccc(C)cc1CC[C@H]1CCCN[C@H]1c1ccccc1.CCOc1ccc(C)cc1N.CCOc1ccc(C)cc1[N+](=O)[O-].Cc1ccc(O)c([N+](=O)[O-])c1.Cc1cccc([N+](=O)[O-])c1.II.N[C@H]1CCCN[C@H]1c1ccccc1.[C-]#N.[Cu+]. The van der Waals surface area contributed by atoms with Crippen molar-refractivity contribution in [2.75, 3.05) is 65.1 Å². The topological polar surface area (TPSA) is 428 Å². The Hall–Kier alpha value is -11.4. The third kappa shape index (κ3) is 56.9. The number of aliphatic hydroxyl groups excluding tert-OH is 1. The van der Waals surface area contributed by atoms with Gasteiger partial charge in [0.25, 0.3) is 5.69 Å². The number of nitrogen functional groups attached to an aromatic ring is 1. The molecule has 10 aromatic carbocycles. The summed E-state index contributed by atoms with van der Waals surface area (Å²) in [6, 6.07) is 71.6. The maximum Gasteiger partial charge on any atom is 1.00 e. The standard InChI is InChI=1S/C22H29NO.C11H16N2.C10H11NO.C10H12O2.C9H11BrO.C9H11NO3.C9H13NO.C7H7NO3.C7H7NO2.C4H9NO2.C2H3N.C2H6O.CN.CH4.Cu.I2/c1-3-24-21-14-11-17(2)16-20(21)13-12-19-10-7-15-23-22(19)18-8-5-4-6-9-18;12-10-7-4-8-13-11(10)9-5-2-1-3-6-9;2*1-3-12-10-5-4-8(2)6-9(10)7-11;1-3-11-9-5-4-7(2)6-8(9)10;1-3-13-9-5-4-7(2)6-8(9)10(11)12;1-3-11-9-5-4-7(2)6-8(9)10;1-5-2-3-7(9)6(4-5)8(10)11;1-6-3-2-4-7(5-6)8(9)10;1-4(2,3)7-5-6;2*1-2-3;1-2;;;1-2/h4-6,8-9,11,14,16,19,22-23H,3,7,10,12-13,15H2,1-2H3;1-3,5-6,10-11,13H,4,7-8,12H2;4-6H,3H2,1-2H3;4-7H,3H2,1-2H3;4-6H,3H2,1-2H3;4-6H,3H2,1-2H3;4-6H,3,10H2,1-2H3;2-4,9H,1H3;2-5H,1H3;1-3H3;1H3;3H,2H2,1H3;;1H4;;/q;;;;;;;;;;;;-1;;+1;/t19-,22+;10-,11-;;;;;;;;;;;;;;/m10............../s1. The molecule has 2 fully saturated rings. The predicted molar refractivity (Wildman–Crippen MR) is 563 cm³/mol. The molecular weight excluding hydrogens is 2070 g/mol. The number of nitriles is 2. The number of aliphatic hydroxyl groups is 1. The molecule has 0 spiro atoms. The number of rotatable bonds is 22. The van der Waals surface area contributed by atoms with Gasteiger partial charge in [-0.3, -0.25) is 35.1 Å². The Labute approximate surface area is 848 Å². The number of aryl methyl sites for hydroxylation is 9. The fourth-order valence-corrected chi connectivity index (χ4v) is 13.0. The van der Waals surface area contributed by atoms with Gasteiger partial charge in [-0.2, -0.15) is 10.5 Å². The van der Waals surface area contributed by atoms with Gasteiger partial charge in [-0.25, -0.2) is 0 Å². The van der Waals surface area contributed by atoms with Crippen molar-refractivity contribution in [1.82, 2.24) is 10.6 Å². The third-order valence-electron chi connectivity index (χ3n) is 18.2. The predicted octanol–water partition coefficient (Wildman–Crippen LogP) is 26.4. The van der Waals surface area contributed by atoms with E-state index in [-0.39, 0.29) is 60.0 Å². The molecule has 8 N–H and O–H groups in total. The molecule has 4 atom stereocenters. The number of nitrogens with one attached hydrogen (secondary N) is 2. The molecule has 744 valence electrons. The Kier molecular flexibility index (Phi) is 75.8. The average molecular weight is 2210 g/mol. The molecule has 0 radical (unpaired) electrons. The van der Waals surface area contributed by atoms with Crippen molar-refractivity contribution in [2.45, 2.75) is 201 Å². The number of carbonyl (C=O) groups excluding carboxylic acids is 1. The van der Waals surface area contributed by atoms with Gasteiger partial charge in [-0.05, 0) is 315 Å². The normalized spacial score (nSPS) is 12.8. The number of nitro groups is 3. The number of benzene rings is 10. The molecule has 2 heterocycles. The van der Waals surface area contributed by atoms with E-state index in [1.807, 2.05) is 147 Å². The van der Waals surface area contributed by atoms with Gasteiger partial charge in [0.2, 0.25) is 0 Å². The second-order valence-corrected chi connectivity index (χ2v) is 31.1. The number of piperidine rings is 2. The van der Waals surface area contributed by atoms with Crippen LogP contribution in [-0.4, -0.2) is 102 Å². The van der Waals surface area contributed by atoms with Gasteiger partial charge in [0, 0.05) is 93.2 Å².